The van der Waals surface area contributed by atoms with Crippen LogP contribution >= 0.6 is 27.3 Å². The van der Waals surface area contributed by atoms with Crippen LogP contribution in [0.1, 0.15) is 11.8 Å². The Morgan fingerprint density at radius 2 is 1.92 bits per heavy atom. The van der Waals surface area contributed by atoms with Gasteiger partial charge in [0.05, 0.1) is 3.79 Å². The van der Waals surface area contributed by atoms with Gasteiger partial charge in [0.2, 0.25) is 11.8 Å². The molecule has 0 saturated heterocycles. The van der Waals surface area contributed by atoms with Crippen LogP contribution in [0.3, 0.4) is 0 Å². The van der Waals surface area contributed by atoms with Crippen molar-refractivity contribution in [1.82, 2.24) is 4.90 Å². The number of amides is 2. The molecule has 1 N–H and O–H groups in total. The molecule has 0 spiro atoms. The summed E-state index contributed by atoms with van der Waals surface area (Å²) in [5.41, 5.74) is -0.519. The molecule has 0 aliphatic carbocycles. The number of halogens is 3. The molecule has 0 aliphatic rings. The number of rotatable bonds is 6. The van der Waals surface area contributed by atoms with Gasteiger partial charge < -0.3 is 10.2 Å². The lowest BCUT2D eigenvalue weighted by Gasteiger charge is -2.18. The summed E-state index contributed by atoms with van der Waals surface area (Å²) >= 11 is 4.80. The third-order valence-corrected chi connectivity index (χ3v) is 4.83. The monoisotopic (exact) mass is 428 g/mol. The van der Waals surface area contributed by atoms with Crippen molar-refractivity contribution in [3.05, 3.63) is 56.7 Å². The largest absolute Gasteiger partial charge is 0.330 e. The van der Waals surface area contributed by atoms with Crippen LogP contribution in [0, 0.1) is 11.6 Å². The Morgan fingerprint density at radius 3 is 2.48 bits per heavy atom. The van der Waals surface area contributed by atoms with E-state index in [1.165, 1.54) is 28.4 Å². The topological polar surface area (TPSA) is 49.4 Å². The number of carbonyl (C=O) groups is 2. The Labute approximate surface area is 156 Å². The molecule has 2 rings (SSSR count). The first-order valence-electron chi connectivity index (χ1n) is 7.37. The van der Waals surface area contributed by atoms with E-state index in [9.17, 15) is 18.4 Å². The lowest BCUT2D eigenvalue weighted by atomic mass is 10.3. The van der Waals surface area contributed by atoms with E-state index in [-0.39, 0.29) is 19.0 Å². The van der Waals surface area contributed by atoms with E-state index in [0.717, 1.165) is 20.8 Å². The standard InChI is InChI=1S/C17H15BrF2N2O2S/c1-2-22(16(24)9-7-11-6-8-14(18)25-11)10-15(23)21-17-12(19)4-3-5-13(17)20/h3-9H,2,10H2,1H3,(H,21,23)/b9-7+. The summed E-state index contributed by atoms with van der Waals surface area (Å²) < 4.78 is 28.0. The van der Waals surface area contributed by atoms with Crippen molar-refractivity contribution in [3.8, 4) is 0 Å². The van der Waals surface area contributed by atoms with Crippen LogP contribution in [0.25, 0.3) is 6.08 Å². The minimum Gasteiger partial charge on any atom is -0.330 e. The SMILES string of the molecule is CCN(CC(=O)Nc1c(F)cccc1F)C(=O)/C=C/c1ccc(Br)s1. The number of benzene rings is 1. The van der Waals surface area contributed by atoms with Crippen molar-refractivity contribution < 1.29 is 18.4 Å². The van der Waals surface area contributed by atoms with Crippen LogP contribution < -0.4 is 5.32 Å². The second-order valence-electron chi connectivity index (χ2n) is 4.97. The Hall–Kier alpha value is -2.06. The van der Waals surface area contributed by atoms with Crippen molar-refractivity contribution >= 4 is 50.8 Å². The van der Waals surface area contributed by atoms with Crippen LogP contribution in [-0.2, 0) is 9.59 Å². The highest BCUT2D eigenvalue weighted by molar-refractivity contribution is 9.11. The molecule has 0 bridgehead atoms. The molecule has 2 amide bonds. The normalized spacial score (nSPS) is 10.9. The molecule has 8 heteroatoms. The molecule has 25 heavy (non-hydrogen) atoms. The van der Waals surface area contributed by atoms with Gasteiger partial charge in [-0.15, -0.1) is 11.3 Å². The van der Waals surface area contributed by atoms with Gasteiger partial charge in [-0.25, -0.2) is 8.78 Å². The summed E-state index contributed by atoms with van der Waals surface area (Å²) in [4.78, 5) is 26.3. The predicted molar refractivity (Wildman–Crippen MR) is 98.3 cm³/mol. The third-order valence-electron chi connectivity index (χ3n) is 3.24. The zero-order valence-electron chi connectivity index (χ0n) is 13.3. The first kappa shape index (κ1) is 19.3. The Balaban J connectivity index is 1.99. The summed E-state index contributed by atoms with van der Waals surface area (Å²) in [6.45, 7) is 1.69. The number of carbonyl (C=O) groups excluding carboxylic acids is 2. The molecule has 0 aliphatic heterocycles. The Bertz CT molecular complexity index is 787. The lowest BCUT2D eigenvalue weighted by molar-refractivity contribution is -0.130. The van der Waals surface area contributed by atoms with Gasteiger partial charge in [-0.1, -0.05) is 6.07 Å². The van der Waals surface area contributed by atoms with Crippen molar-refractivity contribution in [2.45, 2.75) is 6.92 Å². The summed E-state index contributed by atoms with van der Waals surface area (Å²) in [6.07, 6.45) is 3.01. The lowest BCUT2D eigenvalue weighted by Crippen LogP contribution is -2.37. The average Bonchev–Trinajstić information content (AvgIpc) is 2.99. The number of nitrogens with zero attached hydrogens (tertiary/aromatic N) is 1. The Kier molecular flexibility index (Phi) is 6.83. The molecule has 1 aromatic heterocycles. The summed E-state index contributed by atoms with van der Waals surface area (Å²) in [6, 6.07) is 7.01. The fraction of sp³-hybridized carbons (Fsp3) is 0.176. The number of para-hydroxylation sites is 1. The highest BCUT2D eigenvalue weighted by Crippen LogP contribution is 2.23. The molecule has 0 radical (unpaired) electrons. The number of nitrogens with one attached hydrogen (secondary N) is 1. The van der Waals surface area contributed by atoms with E-state index < -0.39 is 23.2 Å². The van der Waals surface area contributed by atoms with Crippen molar-refractivity contribution in [3.63, 3.8) is 0 Å². The van der Waals surface area contributed by atoms with Gasteiger partial charge >= 0.3 is 0 Å². The second-order valence-corrected chi connectivity index (χ2v) is 7.47. The van der Waals surface area contributed by atoms with E-state index in [1.54, 1.807) is 13.0 Å². The van der Waals surface area contributed by atoms with E-state index in [4.69, 9.17) is 0 Å². The fourth-order valence-electron chi connectivity index (χ4n) is 1.99. The van der Waals surface area contributed by atoms with Gasteiger partial charge in [-0.2, -0.15) is 0 Å². The van der Waals surface area contributed by atoms with Crippen molar-refractivity contribution in [2.75, 3.05) is 18.4 Å². The number of hydrogen-bond acceptors (Lipinski definition) is 3. The number of hydrogen-bond donors (Lipinski definition) is 1. The second kappa shape index (κ2) is 8.87. The fourth-order valence-corrected chi connectivity index (χ4v) is 3.32. The maximum atomic E-state index is 13.6. The van der Waals surface area contributed by atoms with E-state index >= 15 is 0 Å². The van der Waals surface area contributed by atoms with E-state index in [2.05, 4.69) is 21.2 Å². The predicted octanol–water partition coefficient (Wildman–Crippen LogP) is 4.29. The van der Waals surface area contributed by atoms with Crippen molar-refractivity contribution in [1.29, 1.82) is 0 Å². The maximum Gasteiger partial charge on any atom is 0.247 e. The molecule has 0 atom stereocenters. The highest BCUT2D eigenvalue weighted by atomic mass is 79.9. The van der Waals surface area contributed by atoms with Gasteiger partial charge in [0.15, 0.2) is 0 Å². The van der Waals surface area contributed by atoms with E-state index in [0.29, 0.717) is 0 Å². The molecule has 132 valence electrons. The third kappa shape index (κ3) is 5.47. The van der Waals surface area contributed by atoms with Gasteiger partial charge in [-0.05, 0) is 53.2 Å². The first-order valence-corrected chi connectivity index (χ1v) is 8.98. The van der Waals surface area contributed by atoms with Crippen LogP contribution in [0.5, 0.6) is 0 Å². The molecular formula is C17H15BrF2N2O2S. The summed E-state index contributed by atoms with van der Waals surface area (Å²) in [5.74, 6) is -2.78. The van der Waals surface area contributed by atoms with Crippen LogP contribution in [0.15, 0.2) is 40.2 Å². The Morgan fingerprint density at radius 1 is 1.24 bits per heavy atom. The highest BCUT2D eigenvalue weighted by Gasteiger charge is 2.16. The first-order chi connectivity index (χ1) is 11.9. The molecule has 2 aromatic rings. The molecule has 1 aromatic carbocycles. The molecule has 0 unspecified atom stereocenters. The number of likely N-dealkylation sites (N-methyl/N-ethyl adjacent to an activating group) is 1. The summed E-state index contributed by atoms with van der Waals surface area (Å²) in [5, 5.41) is 2.16. The van der Waals surface area contributed by atoms with Crippen LogP contribution in [0.4, 0.5) is 14.5 Å². The van der Waals surface area contributed by atoms with Gasteiger partial charge in [-0.3, -0.25) is 9.59 Å². The molecular weight excluding hydrogens is 414 g/mol. The number of anilines is 1. The smallest absolute Gasteiger partial charge is 0.247 e. The molecule has 0 fully saturated rings. The average molecular weight is 429 g/mol. The summed E-state index contributed by atoms with van der Waals surface area (Å²) in [7, 11) is 0. The minimum atomic E-state index is -0.870. The zero-order valence-corrected chi connectivity index (χ0v) is 15.7. The molecule has 4 nitrogen and oxygen atoms in total. The van der Waals surface area contributed by atoms with Crippen molar-refractivity contribution in [2.24, 2.45) is 0 Å². The maximum absolute atomic E-state index is 13.6. The van der Waals surface area contributed by atoms with Gasteiger partial charge in [0.1, 0.15) is 23.9 Å². The van der Waals surface area contributed by atoms with Crippen LogP contribution in [0.2, 0.25) is 0 Å². The zero-order chi connectivity index (χ0) is 18.4. The minimum absolute atomic E-state index is 0.282. The van der Waals surface area contributed by atoms with E-state index in [1.807, 2.05) is 12.1 Å². The van der Waals surface area contributed by atoms with Gasteiger partial charge in [0.25, 0.3) is 0 Å². The van der Waals surface area contributed by atoms with Crippen LogP contribution in [-0.4, -0.2) is 29.8 Å². The number of thiophene rings is 1. The van der Waals surface area contributed by atoms with Gasteiger partial charge in [0, 0.05) is 17.5 Å². The molecule has 1 heterocycles. The molecule has 0 saturated carbocycles. The quantitative estimate of drug-likeness (QED) is 0.697.